The molecule has 0 unspecified atom stereocenters. The smallest absolute Gasteiger partial charge is 0.234 e. The first-order valence-corrected chi connectivity index (χ1v) is 8.86. The van der Waals surface area contributed by atoms with E-state index in [1.807, 2.05) is 41.0 Å². The normalized spacial score (nSPS) is 10.7. The Kier molecular flexibility index (Phi) is 5.34. The maximum Gasteiger partial charge on any atom is 0.234 e. The number of anilines is 1. The fraction of sp³-hybridized carbons (Fsp3) is 0.133. The molecule has 23 heavy (non-hydrogen) atoms. The zero-order valence-corrected chi connectivity index (χ0v) is 15.0. The van der Waals surface area contributed by atoms with Crippen LogP contribution in [0.5, 0.6) is 0 Å². The molecule has 8 heteroatoms. The van der Waals surface area contributed by atoms with Gasteiger partial charge < -0.3 is 14.3 Å². The van der Waals surface area contributed by atoms with Crippen LogP contribution in [0.15, 0.2) is 58.6 Å². The molecular formula is C15H13IN4O2S. The van der Waals surface area contributed by atoms with Gasteiger partial charge in [-0.2, -0.15) is 0 Å². The lowest BCUT2D eigenvalue weighted by molar-refractivity contribution is -0.113. The van der Waals surface area contributed by atoms with Crippen LogP contribution in [0.2, 0.25) is 0 Å². The van der Waals surface area contributed by atoms with Crippen LogP contribution in [0.25, 0.3) is 0 Å². The van der Waals surface area contributed by atoms with E-state index in [0.29, 0.717) is 11.7 Å². The Balaban J connectivity index is 1.57. The number of amides is 1. The summed E-state index contributed by atoms with van der Waals surface area (Å²) in [7, 11) is 0. The lowest BCUT2D eigenvalue weighted by atomic mass is 10.3. The first kappa shape index (κ1) is 16.1. The summed E-state index contributed by atoms with van der Waals surface area (Å²) in [4.78, 5) is 12.1. The number of hydrogen-bond acceptors (Lipinski definition) is 5. The molecule has 0 atom stereocenters. The highest BCUT2D eigenvalue weighted by Crippen LogP contribution is 2.19. The summed E-state index contributed by atoms with van der Waals surface area (Å²) in [6.07, 6.45) is 3.25. The van der Waals surface area contributed by atoms with E-state index in [9.17, 15) is 4.79 Å². The van der Waals surface area contributed by atoms with Crippen LogP contribution < -0.4 is 5.32 Å². The topological polar surface area (TPSA) is 73.0 Å². The van der Waals surface area contributed by atoms with E-state index in [1.54, 1.807) is 12.6 Å². The summed E-state index contributed by atoms with van der Waals surface area (Å²) in [6.45, 7) is 0.542. The molecule has 0 fully saturated rings. The van der Waals surface area contributed by atoms with Gasteiger partial charge in [0.1, 0.15) is 12.1 Å². The van der Waals surface area contributed by atoms with Gasteiger partial charge >= 0.3 is 0 Å². The zero-order valence-electron chi connectivity index (χ0n) is 12.0. The van der Waals surface area contributed by atoms with E-state index in [2.05, 4.69) is 38.1 Å². The first-order valence-electron chi connectivity index (χ1n) is 6.80. The molecule has 2 heterocycles. The molecule has 3 rings (SSSR count). The van der Waals surface area contributed by atoms with E-state index in [1.165, 1.54) is 11.8 Å². The van der Waals surface area contributed by atoms with Crippen molar-refractivity contribution in [3.63, 3.8) is 0 Å². The molecule has 0 aliphatic carbocycles. The molecule has 0 saturated heterocycles. The molecule has 6 nitrogen and oxygen atoms in total. The fourth-order valence-corrected chi connectivity index (χ4v) is 3.15. The molecule has 0 saturated carbocycles. The van der Waals surface area contributed by atoms with Crippen LogP contribution in [0.3, 0.4) is 0 Å². The predicted molar refractivity (Wildman–Crippen MR) is 96.3 cm³/mol. The summed E-state index contributed by atoms with van der Waals surface area (Å²) in [6, 6.07) is 11.4. The van der Waals surface area contributed by atoms with Crippen LogP contribution >= 0.6 is 34.4 Å². The fourth-order valence-electron chi connectivity index (χ4n) is 1.91. The van der Waals surface area contributed by atoms with Gasteiger partial charge in [-0.15, -0.1) is 10.2 Å². The lowest BCUT2D eigenvalue weighted by Crippen LogP contribution is -2.15. The number of carbonyl (C=O) groups excluding carboxylic acids is 1. The second kappa shape index (κ2) is 7.64. The minimum Gasteiger partial charge on any atom is -0.467 e. The van der Waals surface area contributed by atoms with Gasteiger partial charge in [0, 0.05) is 3.57 Å². The van der Waals surface area contributed by atoms with Crippen molar-refractivity contribution in [3.05, 3.63) is 58.3 Å². The molecule has 1 N–H and O–H groups in total. The first-order chi connectivity index (χ1) is 11.2. The zero-order chi connectivity index (χ0) is 16.1. The third kappa shape index (κ3) is 4.35. The Morgan fingerprint density at radius 3 is 2.96 bits per heavy atom. The molecule has 1 aromatic carbocycles. The molecule has 0 aliphatic rings. The van der Waals surface area contributed by atoms with Crippen LogP contribution in [0.1, 0.15) is 5.76 Å². The molecule has 118 valence electrons. The minimum absolute atomic E-state index is 0.0772. The van der Waals surface area contributed by atoms with Gasteiger partial charge in [0.15, 0.2) is 5.16 Å². The summed E-state index contributed by atoms with van der Waals surface area (Å²) in [5.74, 6) is 1.00. The molecule has 3 aromatic rings. The number of nitrogens with one attached hydrogen (secondary N) is 1. The van der Waals surface area contributed by atoms with Gasteiger partial charge in [0.05, 0.1) is 24.2 Å². The van der Waals surface area contributed by atoms with Crippen molar-refractivity contribution in [2.45, 2.75) is 11.7 Å². The highest BCUT2D eigenvalue weighted by Gasteiger charge is 2.11. The van der Waals surface area contributed by atoms with E-state index in [-0.39, 0.29) is 11.7 Å². The van der Waals surface area contributed by atoms with Gasteiger partial charge in [-0.25, -0.2) is 0 Å². The number of halogens is 1. The average molecular weight is 440 g/mol. The summed E-state index contributed by atoms with van der Waals surface area (Å²) < 4.78 is 8.17. The van der Waals surface area contributed by atoms with Crippen molar-refractivity contribution >= 4 is 45.9 Å². The van der Waals surface area contributed by atoms with E-state index in [4.69, 9.17) is 4.42 Å². The predicted octanol–water partition coefficient (Wildman–Crippen LogP) is 3.25. The minimum atomic E-state index is -0.0772. The number of thioether (sulfide) groups is 1. The molecular weight excluding hydrogens is 427 g/mol. The second-order valence-corrected chi connectivity index (χ2v) is 6.74. The standard InChI is InChI=1S/C15H13IN4O2S/c16-12-5-1-2-6-13(12)18-14(21)9-23-15-19-17-10-20(15)8-11-4-3-7-22-11/h1-7,10H,8-9H2,(H,18,21). The largest absolute Gasteiger partial charge is 0.467 e. The Morgan fingerprint density at radius 2 is 2.17 bits per heavy atom. The Morgan fingerprint density at radius 1 is 1.30 bits per heavy atom. The summed E-state index contributed by atoms with van der Waals surface area (Å²) in [5, 5.41) is 11.5. The van der Waals surface area contributed by atoms with Crippen molar-refractivity contribution in [2.75, 3.05) is 11.1 Å². The maximum absolute atomic E-state index is 12.1. The number of rotatable bonds is 6. The van der Waals surface area contributed by atoms with Gasteiger partial charge in [-0.05, 0) is 46.9 Å². The highest BCUT2D eigenvalue weighted by molar-refractivity contribution is 14.1. The third-order valence-electron chi connectivity index (χ3n) is 2.97. The number of para-hydroxylation sites is 1. The van der Waals surface area contributed by atoms with E-state index < -0.39 is 0 Å². The van der Waals surface area contributed by atoms with Crippen LogP contribution in [-0.2, 0) is 11.3 Å². The maximum atomic E-state index is 12.1. The molecule has 0 radical (unpaired) electrons. The van der Waals surface area contributed by atoms with Crippen molar-refractivity contribution in [1.82, 2.24) is 14.8 Å². The molecule has 0 aliphatic heterocycles. The number of hydrogen-bond donors (Lipinski definition) is 1. The van der Waals surface area contributed by atoms with Gasteiger partial charge in [-0.1, -0.05) is 23.9 Å². The average Bonchev–Trinajstić information content (AvgIpc) is 3.20. The summed E-state index contributed by atoms with van der Waals surface area (Å²) in [5.41, 5.74) is 0.816. The number of aromatic nitrogens is 3. The molecule has 1 amide bonds. The summed E-state index contributed by atoms with van der Waals surface area (Å²) >= 11 is 3.53. The van der Waals surface area contributed by atoms with Gasteiger partial charge in [0.2, 0.25) is 5.91 Å². The Labute approximate surface area is 150 Å². The van der Waals surface area contributed by atoms with Crippen molar-refractivity contribution in [3.8, 4) is 0 Å². The molecule has 2 aromatic heterocycles. The van der Waals surface area contributed by atoms with E-state index in [0.717, 1.165) is 15.0 Å². The second-order valence-electron chi connectivity index (χ2n) is 4.64. The Bertz CT molecular complexity index is 788. The number of furan rings is 1. The molecule has 0 spiro atoms. The van der Waals surface area contributed by atoms with Crippen molar-refractivity contribution in [2.24, 2.45) is 0 Å². The van der Waals surface area contributed by atoms with Gasteiger partial charge in [-0.3, -0.25) is 4.79 Å². The number of benzene rings is 1. The monoisotopic (exact) mass is 440 g/mol. The van der Waals surface area contributed by atoms with Crippen LogP contribution in [0, 0.1) is 3.57 Å². The molecule has 0 bridgehead atoms. The van der Waals surface area contributed by atoms with Crippen LogP contribution in [-0.4, -0.2) is 26.4 Å². The van der Waals surface area contributed by atoms with Crippen molar-refractivity contribution < 1.29 is 9.21 Å². The van der Waals surface area contributed by atoms with Crippen molar-refractivity contribution in [1.29, 1.82) is 0 Å². The third-order valence-corrected chi connectivity index (χ3v) is 4.89. The van der Waals surface area contributed by atoms with E-state index >= 15 is 0 Å². The number of carbonyl (C=O) groups is 1. The Hall–Kier alpha value is -1.81. The highest BCUT2D eigenvalue weighted by atomic mass is 127. The van der Waals surface area contributed by atoms with Crippen LogP contribution in [0.4, 0.5) is 5.69 Å². The lowest BCUT2D eigenvalue weighted by Gasteiger charge is -2.07. The van der Waals surface area contributed by atoms with Gasteiger partial charge in [0.25, 0.3) is 0 Å². The SMILES string of the molecule is O=C(CSc1nncn1Cc1ccco1)Nc1ccccc1I. The number of nitrogens with zero attached hydrogens (tertiary/aromatic N) is 3. The quantitative estimate of drug-likeness (QED) is 0.471.